The summed E-state index contributed by atoms with van der Waals surface area (Å²) in [6, 6.07) is 6.23. The molecule has 1 rings (SSSR count). The molecule has 0 amide bonds. The minimum Gasteiger partial charge on any atom is 1.00 e. The van der Waals surface area contributed by atoms with Gasteiger partial charge in [0, 0.05) is 0 Å². The maximum atomic E-state index is 10.6. The van der Waals surface area contributed by atoms with Gasteiger partial charge in [0.2, 0.25) is 0 Å². The van der Waals surface area contributed by atoms with Crippen molar-refractivity contribution >= 4 is 29.9 Å². The Bertz CT molecular complexity index is 386. The van der Waals surface area contributed by atoms with E-state index in [2.05, 4.69) is 9.86 Å². The Balaban J connectivity index is 0.00000169. The Morgan fingerprint density at radius 3 is 1.86 bits per heavy atom. The van der Waals surface area contributed by atoms with Crippen LogP contribution >= 0.6 is 19.8 Å². The van der Waals surface area contributed by atoms with Crippen LogP contribution in [0.2, 0.25) is 0 Å². The van der Waals surface area contributed by atoms with E-state index < -0.39 is 29.9 Å². The zero-order valence-electron chi connectivity index (χ0n) is 8.32. The normalized spacial score (nSPS) is 11.8. The molecule has 0 aromatic heterocycles. The number of benzene rings is 1. The summed E-state index contributed by atoms with van der Waals surface area (Å²) < 4.78 is 32.9. The third-order valence-corrected chi connectivity index (χ3v) is 5.60. The van der Waals surface area contributed by atoms with Crippen molar-refractivity contribution in [2.45, 2.75) is 4.90 Å². The fourth-order valence-corrected chi connectivity index (χ4v) is 3.12. The molecule has 0 N–H and O–H groups in total. The third-order valence-electron chi connectivity index (χ3n) is 1.54. The smallest absolute Gasteiger partial charge is 1.00 e. The van der Waals surface area contributed by atoms with Gasteiger partial charge in [0.15, 0.2) is 0 Å². The van der Waals surface area contributed by atoms with E-state index in [4.69, 9.17) is 0 Å². The van der Waals surface area contributed by atoms with Crippen LogP contribution in [0.15, 0.2) is 29.2 Å². The second-order valence-electron chi connectivity index (χ2n) is 2.66. The van der Waals surface area contributed by atoms with Gasteiger partial charge in [0.1, 0.15) is 0 Å². The average Bonchev–Trinajstić information content (AvgIpc) is 2.03. The zero-order chi connectivity index (χ0) is 10.1. The molecule has 0 heterocycles. The van der Waals surface area contributed by atoms with E-state index in [1.54, 1.807) is 12.1 Å². The number of hydrogen-bond acceptors (Lipinski definition) is 3. The van der Waals surface area contributed by atoms with Gasteiger partial charge in [0.05, 0.1) is 0 Å². The molecule has 1 aromatic carbocycles. The predicted octanol–water partition coefficient (Wildman–Crippen LogP) is -1.47. The van der Waals surface area contributed by atoms with E-state index in [9.17, 15) is 13.0 Å². The molecular weight excluding hydrogens is 326 g/mol. The molecule has 0 unspecified atom stereocenters. The first kappa shape index (κ1) is 14.9. The fourth-order valence-electron chi connectivity index (χ4n) is 0.853. The Morgan fingerprint density at radius 2 is 1.57 bits per heavy atom. The van der Waals surface area contributed by atoms with Gasteiger partial charge in [-0.15, -0.1) is 0 Å². The summed E-state index contributed by atoms with van der Waals surface area (Å²) in [6.45, 7) is 0. The van der Waals surface area contributed by atoms with E-state index in [0.29, 0.717) is 0 Å². The van der Waals surface area contributed by atoms with Crippen LogP contribution in [0.3, 0.4) is 0 Å². The van der Waals surface area contributed by atoms with E-state index in [1.807, 2.05) is 0 Å². The van der Waals surface area contributed by atoms with Crippen molar-refractivity contribution in [1.82, 2.24) is 0 Å². The molecule has 0 radical (unpaired) electrons. The summed E-state index contributed by atoms with van der Waals surface area (Å²) in [5.74, 6) is 0. The minimum atomic E-state index is -4.28. The zero-order valence-corrected chi connectivity index (χ0v) is 13.3. The van der Waals surface area contributed by atoms with Crippen molar-refractivity contribution in [3.05, 3.63) is 27.8 Å². The maximum absolute atomic E-state index is 10.6. The summed E-state index contributed by atoms with van der Waals surface area (Å²) in [4.78, 5) is 4.17. The van der Waals surface area contributed by atoms with Crippen LogP contribution in [-0.4, -0.2) is 22.8 Å². The van der Waals surface area contributed by atoms with Gasteiger partial charge in [0.25, 0.3) is 0 Å². The van der Waals surface area contributed by atoms with Crippen molar-refractivity contribution in [2.75, 3.05) is 9.86 Å². The van der Waals surface area contributed by atoms with Crippen molar-refractivity contribution in [1.29, 1.82) is 0 Å². The SMILES string of the molecule is CI(C)c1ccc(S(=O)(=O)[O-])cc1.[Na+]. The molecule has 3 nitrogen and oxygen atoms in total. The topological polar surface area (TPSA) is 57.2 Å². The van der Waals surface area contributed by atoms with Gasteiger partial charge in [-0.05, 0) is 0 Å². The number of rotatable bonds is 2. The molecule has 0 spiro atoms. The number of halogens is 1. The van der Waals surface area contributed by atoms with Gasteiger partial charge in [-0.1, -0.05) is 0 Å². The van der Waals surface area contributed by atoms with Gasteiger partial charge >= 0.3 is 115 Å². The van der Waals surface area contributed by atoms with Gasteiger partial charge in [-0.2, -0.15) is 0 Å². The van der Waals surface area contributed by atoms with Crippen LogP contribution in [0.4, 0.5) is 0 Å². The average molecular weight is 336 g/mol. The summed E-state index contributed by atoms with van der Waals surface area (Å²) in [6.07, 6.45) is 0. The Hall–Kier alpha value is 0.860. The van der Waals surface area contributed by atoms with Crippen LogP contribution < -0.4 is 29.6 Å². The maximum Gasteiger partial charge on any atom is 1.00 e. The van der Waals surface area contributed by atoms with Crippen LogP contribution in [0.5, 0.6) is 0 Å². The Kier molecular flexibility index (Phi) is 6.17. The van der Waals surface area contributed by atoms with Crippen molar-refractivity contribution in [2.24, 2.45) is 0 Å². The Labute approximate surface area is 114 Å². The molecule has 0 aliphatic heterocycles. The summed E-state index contributed by atoms with van der Waals surface area (Å²) in [7, 11) is -4.28. The van der Waals surface area contributed by atoms with Crippen molar-refractivity contribution in [3.63, 3.8) is 0 Å². The molecule has 6 heteroatoms. The van der Waals surface area contributed by atoms with Crippen LogP contribution in [0.25, 0.3) is 0 Å². The van der Waals surface area contributed by atoms with E-state index in [1.165, 1.54) is 15.7 Å². The molecule has 0 saturated heterocycles. The second-order valence-corrected chi connectivity index (χ2v) is 9.60. The molecule has 0 bridgehead atoms. The number of hydrogen-bond donors (Lipinski definition) is 0. The quantitative estimate of drug-likeness (QED) is 0.287. The molecular formula is C8H10INaO3S. The molecule has 14 heavy (non-hydrogen) atoms. The number of alkyl halides is 2. The summed E-state index contributed by atoms with van der Waals surface area (Å²) >= 11 is -1.06. The molecule has 0 fully saturated rings. The predicted molar refractivity (Wildman–Crippen MR) is 59.0 cm³/mol. The second kappa shape index (κ2) is 5.81. The fraction of sp³-hybridized carbons (Fsp3) is 0.250. The summed E-state index contributed by atoms with van der Waals surface area (Å²) in [5.41, 5.74) is 0. The van der Waals surface area contributed by atoms with Gasteiger partial charge in [-0.3, -0.25) is 0 Å². The molecule has 0 aliphatic rings. The van der Waals surface area contributed by atoms with E-state index >= 15 is 0 Å². The largest absolute Gasteiger partial charge is 1.00 e. The first-order valence-corrected chi connectivity index (χ1v) is 10.3. The van der Waals surface area contributed by atoms with Crippen LogP contribution in [0, 0.1) is 3.57 Å². The van der Waals surface area contributed by atoms with E-state index in [-0.39, 0.29) is 34.5 Å². The van der Waals surface area contributed by atoms with Crippen LogP contribution in [-0.2, 0) is 10.1 Å². The van der Waals surface area contributed by atoms with Crippen molar-refractivity contribution in [3.8, 4) is 0 Å². The molecule has 0 saturated carbocycles. The van der Waals surface area contributed by atoms with Crippen LogP contribution in [0.1, 0.15) is 0 Å². The van der Waals surface area contributed by atoms with E-state index in [0.717, 1.165) is 0 Å². The Morgan fingerprint density at radius 1 is 1.14 bits per heavy atom. The van der Waals surface area contributed by atoms with Gasteiger partial charge in [-0.25, -0.2) is 0 Å². The first-order chi connectivity index (χ1) is 5.91. The molecule has 74 valence electrons. The summed E-state index contributed by atoms with van der Waals surface area (Å²) in [5, 5.41) is 0. The third kappa shape index (κ3) is 4.16. The van der Waals surface area contributed by atoms with Gasteiger partial charge < -0.3 is 0 Å². The molecule has 0 atom stereocenters. The molecule has 0 aliphatic carbocycles. The standard InChI is InChI=1S/C8H11IO3S.Na/c1-9(2)7-3-5-8(6-4-7)13(10,11)12;/h3-6H,1-2H3,(H,10,11,12);/q;+1/p-1. The molecule has 1 aromatic rings. The van der Waals surface area contributed by atoms with Crippen molar-refractivity contribution < 1.29 is 42.5 Å². The monoisotopic (exact) mass is 336 g/mol. The first-order valence-electron chi connectivity index (χ1n) is 3.47. The minimum absolute atomic E-state index is 0.